The molecule has 0 aliphatic heterocycles. The third-order valence-corrected chi connectivity index (χ3v) is 2.40. The maximum absolute atomic E-state index is 9.09. The van der Waals surface area contributed by atoms with Gasteiger partial charge in [-0.1, -0.05) is 0 Å². The largest absolute Gasteiger partial charge is 0.508 e. The van der Waals surface area contributed by atoms with Gasteiger partial charge < -0.3 is 9.84 Å². The molecular weight excluding hydrogens is 305 g/mol. The van der Waals surface area contributed by atoms with Crippen molar-refractivity contribution in [3.8, 4) is 17.4 Å². The summed E-state index contributed by atoms with van der Waals surface area (Å²) >= 11 is 2.18. The van der Waals surface area contributed by atoms with Crippen molar-refractivity contribution in [2.24, 2.45) is 0 Å². The van der Waals surface area contributed by atoms with Crippen LogP contribution < -0.4 is 4.74 Å². The Labute approximate surface area is 101 Å². The summed E-state index contributed by atoms with van der Waals surface area (Å²) < 4.78 is 6.52. The monoisotopic (exact) mass is 313 g/mol. The molecule has 0 saturated heterocycles. The lowest BCUT2D eigenvalue weighted by molar-refractivity contribution is 0.454. The van der Waals surface area contributed by atoms with Crippen molar-refractivity contribution in [3.05, 3.63) is 46.2 Å². The molecule has 0 atom stereocenters. The van der Waals surface area contributed by atoms with Gasteiger partial charge in [-0.3, -0.25) is 0 Å². The van der Waals surface area contributed by atoms with Crippen molar-refractivity contribution in [2.45, 2.75) is 0 Å². The van der Waals surface area contributed by atoms with Crippen molar-refractivity contribution in [1.29, 1.82) is 0 Å². The van der Waals surface area contributed by atoms with E-state index in [1.165, 1.54) is 0 Å². The first-order valence-corrected chi connectivity index (χ1v) is 5.40. The lowest BCUT2D eigenvalue weighted by Crippen LogP contribution is -1.87. The maximum Gasteiger partial charge on any atom is 0.219 e. The van der Waals surface area contributed by atoms with Gasteiger partial charge in [-0.15, -0.1) is 0 Å². The number of rotatable bonds is 2. The Morgan fingerprint density at radius 2 is 1.80 bits per heavy atom. The van der Waals surface area contributed by atoms with Gasteiger partial charge in [0.05, 0.1) is 0 Å². The molecule has 1 aromatic heterocycles. The second kappa shape index (κ2) is 4.48. The predicted octanol–water partition coefficient (Wildman–Crippen LogP) is 3.18. The summed E-state index contributed by atoms with van der Waals surface area (Å²) in [5, 5.41) is 9.09. The molecule has 0 saturated carbocycles. The number of hydrogen-bond acceptors (Lipinski definition) is 3. The van der Waals surface area contributed by atoms with E-state index in [0.29, 0.717) is 11.6 Å². The van der Waals surface area contributed by atoms with Crippen molar-refractivity contribution in [3.63, 3.8) is 0 Å². The molecule has 0 amide bonds. The second-order valence-electron chi connectivity index (χ2n) is 2.91. The molecular formula is C11H8INO2. The summed E-state index contributed by atoms with van der Waals surface area (Å²) in [6.45, 7) is 0. The van der Waals surface area contributed by atoms with E-state index in [-0.39, 0.29) is 5.75 Å². The van der Waals surface area contributed by atoms with Gasteiger partial charge in [0.15, 0.2) is 0 Å². The number of halogens is 1. The number of phenolic OH excluding ortho intramolecular Hbond substituents is 1. The number of aromatic hydroxyl groups is 1. The van der Waals surface area contributed by atoms with E-state index in [1.807, 2.05) is 6.07 Å². The minimum Gasteiger partial charge on any atom is -0.508 e. The van der Waals surface area contributed by atoms with Gasteiger partial charge >= 0.3 is 0 Å². The molecule has 15 heavy (non-hydrogen) atoms. The number of hydrogen-bond donors (Lipinski definition) is 1. The van der Waals surface area contributed by atoms with Gasteiger partial charge in [0, 0.05) is 15.8 Å². The van der Waals surface area contributed by atoms with Gasteiger partial charge in [-0.05, 0) is 52.9 Å². The van der Waals surface area contributed by atoms with Crippen molar-refractivity contribution >= 4 is 22.6 Å². The van der Waals surface area contributed by atoms with Crippen molar-refractivity contribution in [2.75, 3.05) is 0 Å². The molecule has 0 aliphatic rings. The van der Waals surface area contributed by atoms with Gasteiger partial charge in [-0.2, -0.15) is 0 Å². The fourth-order valence-corrected chi connectivity index (χ4v) is 1.38. The Hall–Kier alpha value is -1.30. The zero-order chi connectivity index (χ0) is 10.7. The highest BCUT2D eigenvalue weighted by atomic mass is 127. The molecule has 0 unspecified atom stereocenters. The number of ether oxygens (including phenoxy) is 1. The van der Waals surface area contributed by atoms with Crippen LogP contribution in [0.4, 0.5) is 0 Å². The van der Waals surface area contributed by atoms with Crippen LogP contribution in [-0.4, -0.2) is 10.1 Å². The quantitative estimate of drug-likeness (QED) is 0.866. The van der Waals surface area contributed by atoms with E-state index in [1.54, 1.807) is 36.5 Å². The van der Waals surface area contributed by atoms with Crippen LogP contribution in [0.1, 0.15) is 0 Å². The molecule has 0 radical (unpaired) electrons. The molecule has 0 aliphatic carbocycles. The molecule has 2 rings (SSSR count). The van der Waals surface area contributed by atoms with Gasteiger partial charge in [0.1, 0.15) is 11.5 Å². The molecule has 1 N–H and O–H groups in total. The summed E-state index contributed by atoms with van der Waals surface area (Å²) in [4.78, 5) is 4.10. The number of pyridine rings is 1. The molecule has 76 valence electrons. The molecule has 1 heterocycles. The summed E-state index contributed by atoms with van der Waals surface area (Å²) in [5.41, 5.74) is 0. The average molecular weight is 313 g/mol. The first-order chi connectivity index (χ1) is 7.24. The molecule has 0 spiro atoms. The third-order valence-electron chi connectivity index (χ3n) is 1.76. The highest BCUT2D eigenvalue weighted by Gasteiger charge is 1.98. The zero-order valence-corrected chi connectivity index (χ0v) is 9.88. The Bertz CT molecular complexity index is 396. The highest BCUT2D eigenvalue weighted by Crippen LogP contribution is 2.21. The smallest absolute Gasteiger partial charge is 0.219 e. The lowest BCUT2D eigenvalue weighted by Gasteiger charge is -2.03. The van der Waals surface area contributed by atoms with Crippen LogP contribution in [-0.2, 0) is 0 Å². The summed E-state index contributed by atoms with van der Waals surface area (Å²) in [7, 11) is 0. The van der Waals surface area contributed by atoms with Crippen LogP contribution >= 0.6 is 22.6 Å². The first kappa shape index (κ1) is 10.2. The van der Waals surface area contributed by atoms with Crippen LogP contribution in [0.2, 0.25) is 0 Å². The minimum absolute atomic E-state index is 0.220. The number of aromatic nitrogens is 1. The summed E-state index contributed by atoms with van der Waals surface area (Å²) in [5.74, 6) is 1.42. The second-order valence-corrected chi connectivity index (χ2v) is 4.16. The standard InChI is InChI=1S/C11H8INO2/c12-8-1-6-11(13-7-8)15-10-4-2-9(14)3-5-10/h1-7,14H. The van der Waals surface area contributed by atoms with Crippen LogP contribution in [0.25, 0.3) is 0 Å². The molecule has 0 fully saturated rings. The maximum atomic E-state index is 9.09. The fraction of sp³-hybridized carbons (Fsp3) is 0. The first-order valence-electron chi connectivity index (χ1n) is 4.32. The molecule has 1 aromatic carbocycles. The predicted molar refractivity (Wildman–Crippen MR) is 65.1 cm³/mol. The van der Waals surface area contributed by atoms with Crippen LogP contribution in [0.5, 0.6) is 17.4 Å². The normalized spacial score (nSPS) is 9.93. The number of phenols is 1. The van der Waals surface area contributed by atoms with Crippen molar-refractivity contribution in [1.82, 2.24) is 4.98 Å². The van der Waals surface area contributed by atoms with Crippen LogP contribution in [0, 0.1) is 3.57 Å². The highest BCUT2D eigenvalue weighted by molar-refractivity contribution is 14.1. The molecule has 0 bridgehead atoms. The average Bonchev–Trinajstić information content (AvgIpc) is 2.25. The van der Waals surface area contributed by atoms with Crippen molar-refractivity contribution < 1.29 is 9.84 Å². The molecule has 2 aromatic rings. The van der Waals surface area contributed by atoms with Crippen LogP contribution in [0.3, 0.4) is 0 Å². The van der Waals surface area contributed by atoms with E-state index < -0.39 is 0 Å². The van der Waals surface area contributed by atoms with Gasteiger partial charge in [-0.25, -0.2) is 4.98 Å². The van der Waals surface area contributed by atoms with E-state index >= 15 is 0 Å². The van der Waals surface area contributed by atoms with E-state index in [9.17, 15) is 0 Å². The number of benzene rings is 1. The topological polar surface area (TPSA) is 42.4 Å². The zero-order valence-electron chi connectivity index (χ0n) is 7.72. The SMILES string of the molecule is Oc1ccc(Oc2ccc(I)cn2)cc1. The van der Waals surface area contributed by atoms with E-state index in [2.05, 4.69) is 27.6 Å². The number of nitrogens with zero attached hydrogens (tertiary/aromatic N) is 1. The Balaban J connectivity index is 2.15. The fourth-order valence-electron chi connectivity index (χ4n) is 1.06. The third kappa shape index (κ3) is 2.82. The minimum atomic E-state index is 0.220. The Kier molecular flexibility index (Phi) is 3.05. The van der Waals surface area contributed by atoms with Gasteiger partial charge in [0.25, 0.3) is 0 Å². The Morgan fingerprint density at radius 3 is 2.40 bits per heavy atom. The van der Waals surface area contributed by atoms with Crippen LogP contribution in [0.15, 0.2) is 42.6 Å². The van der Waals surface area contributed by atoms with E-state index in [0.717, 1.165) is 3.57 Å². The van der Waals surface area contributed by atoms with Gasteiger partial charge in [0.2, 0.25) is 5.88 Å². The Morgan fingerprint density at radius 1 is 1.07 bits per heavy atom. The molecule has 3 nitrogen and oxygen atoms in total. The molecule has 4 heteroatoms. The summed E-state index contributed by atoms with van der Waals surface area (Å²) in [6, 6.07) is 10.2. The lowest BCUT2D eigenvalue weighted by atomic mass is 10.3. The summed E-state index contributed by atoms with van der Waals surface area (Å²) in [6.07, 6.45) is 1.73. The van der Waals surface area contributed by atoms with E-state index in [4.69, 9.17) is 9.84 Å².